The minimum absolute atomic E-state index is 0.0976. The summed E-state index contributed by atoms with van der Waals surface area (Å²) in [6, 6.07) is 9.29. The normalized spacial score (nSPS) is 11.2. The van der Waals surface area contributed by atoms with Crippen molar-refractivity contribution < 1.29 is 14.3 Å². The molecule has 1 heterocycles. The fraction of sp³-hybridized carbons (Fsp3) is 0.375. The average molecular weight is 288 g/mol. The number of rotatable bonds is 4. The van der Waals surface area contributed by atoms with E-state index in [0.717, 1.165) is 11.3 Å². The van der Waals surface area contributed by atoms with Crippen LogP contribution in [0.15, 0.2) is 30.3 Å². The zero-order valence-corrected chi connectivity index (χ0v) is 12.8. The highest BCUT2D eigenvalue weighted by atomic mass is 16.5. The molecule has 112 valence electrons. The number of methoxy groups -OCH3 is 1. The predicted molar refractivity (Wildman–Crippen MR) is 80.3 cm³/mol. The SMILES string of the molecule is COC(=O)c1cc(-c2cccc(OCC(C)(C)C)c2)n[nH]1. The van der Waals surface area contributed by atoms with Crippen LogP contribution in [0.25, 0.3) is 11.3 Å². The van der Waals surface area contributed by atoms with Crippen molar-refractivity contribution in [2.75, 3.05) is 13.7 Å². The molecule has 0 radical (unpaired) electrons. The van der Waals surface area contributed by atoms with Crippen LogP contribution in [0.2, 0.25) is 0 Å². The van der Waals surface area contributed by atoms with Gasteiger partial charge in [0.05, 0.1) is 19.4 Å². The monoisotopic (exact) mass is 288 g/mol. The maximum absolute atomic E-state index is 11.4. The van der Waals surface area contributed by atoms with E-state index in [2.05, 4.69) is 35.7 Å². The first-order valence-corrected chi connectivity index (χ1v) is 6.76. The summed E-state index contributed by atoms with van der Waals surface area (Å²) >= 11 is 0. The van der Waals surface area contributed by atoms with Crippen molar-refractivity contribution in [2.45, 2.75) is 20.8 Å². The minimum Gasteiger partial charge on any atom is -0.493 e. The zero-order valence-electron chi connectivity index (χ0n) is 12.8. The average Bonchev–Trinajstić information content (AvgIpc) is 2.94. The largest absolute Gasteiger partial charge is 0.493 e. The van der Waals surface area contributed by atoms with Gasteiger partial charge in [0.25, 0.3) is 0 Å². The third-order valence-corrected chi connectivity index (χ3v) is 2.78. The number of benzene rings is 1. The van der Waals surface area contributed by atoms with Gasteiger partial charge < -0.3 is 9.47 Å². The summed E-state index contributed by atoms with van der Waals surface area (Å²) in [5.41, 5.74) is 1.98. The summed E-state index contributed by atoms with van der Waals surface area (Å²) in [5.74, 6) is 0.346. The van der Waals surface area contributed by atoms with E-state index in [4.69, 9.17) is 4.74 Å². The van der Waals surface area contributed by atoms with Crippen LogP contribution >= 0.6 is 0 Å². The molecule has 1 aromatic heterocycles. The molecular weight excluding hydrogens is 268 g/mol. The van der Waals surface area contributed by atoms with E-state index in [1.165, 1.54) is 7.11 Å². The van der Waals surface area contributed by atoms with E-state index >= 15 is 0 Å². The first-order valence-electron chi connectivity index (χ1n) is 6.76. The highest BCUT2D eigenvalue weighted by Gasteiger charge is 2.13. The van der Waals surface area contributed by atoms with Gasteiger partial charge in [-0.15, -0.1) is 0 Å². The number of aromatic nitrogens is 2. The lowest BCUT2D eigenvalue weighted by Crippen LogP contribution is -2.16. The molecule has 1 N–H and O–H groups in total. The first-order chi connectivity index (χ1) is 9.89. The molecule has 0 spiro atoms. The van der Waals surface area contributed by atoms with E-state index in [9.17, 15) is 4.79 Å². The number of aromatic amines is 1. The van der Waals surface area contributed by atoms with Crippen LogP contribution in [0, 0.1) is 5.41 Å². The maximum Gasteiger partial charge on any atom is 0.356 e. The van der Waals surface area contributed by atoms with E-state index in [1.54, 1.807) is 6.07 Å². The molecule has 0 saturated carbocycles. The van der Waals surface area contributed by atoms with E-state index in [0.29, 0.717) is 18.0 Å². The number of nitrogens with zero attached hydrogens (tertiary/aromatic N) is 1. The molecule has 0 saturated heterocycles. The number of nitrogens with one attached hydrogen (secondary N) is 1. The van der Waals surface area contributed by atoms with Crippen molar-refractivity contribution in [3.05, 3.63) is 36.0 Å². The third-order valence-electron chi connectivity index (χ3n) is 2.78. The fourth-order valence-electron chi connectivity index (χ4n) is 1.73. The molecule has 0 fully saturated rings. The molecule has 0 unspecified atom stereocenters. The van der Waals surface area contributed by atoms with Crippen LogP contribution in [0.3, 0.4) is 0 Å². The standard InChI is InChI=1S/C16H20N2O3/c1-16(2,3)10-21-12-7-5-6-11(8-12)13-9-14(18-17-13)15(19)20-4/h5-9H,10H2,1-4H3,(H,17,18). The second-order valence-corrected chi connectivity index (χ2v) is 6.04. The van der Waals surface area contributed by atoms with Gasteiger partial charge in [0.1, 0.15) is 11.4 Å². The first kappa shape index (κ1) is 15.1. The van der Waals surface area contributed by atoms with Crippen molar-refractivity contribution >= 4 is 5.97 Å². The lowest BCUT2D eigenvalue weighted by atomic mass is 9.99. The Balaban J connectivity index is 2.17. The van der Waals surface area contributed by atoms with Crippen molar-refractivity contribution in [1.29, 1.82) is 0 Å². The van der Waals surface area contributed by atoms with Gasteiger partial charge in [-0.1, -0.05) is 32.9 Å². The third kappa shape index (κ3) is 4.08. The van der Waals surface area contributed by atoms with Gasteiger partial charge >= 0.3 is 5.97 Å². The molecule has 0 bridgehead atoms. The van der Waals surface area contributed by atoms with E-state index < -0.39 is 5.97 Å². The molecule has 2 rings (SSSR count). The Morgan fingerprint density at radius 1 is 1.29 bits per heavy atom. The number of carbonyl (C=O) groups is 1. The minimum atomic E-state index is -0.436. The van der Waals surface area contributed by atoms with Crippen LogP contribution in [0.4, 0.5) is 0 Å². The highest BCUT2D eigenvalue weighted by molar-refractivity contribution is 5.88. The van der Waals surface area contributed by atoms with Gasteiger partial charge in [0.15, 0.2) is 0 Å². The number of carbonyl (C=O) groups excluding carboxylic acids is 1. The van der Waals surface area contributed by atoms with Crippen molar-refractivity contribution in [1.82, 2.24) is 10.2 Å². The zero-order chi connectivity index (χ0) is 15.5. The lowest BCUT2D eigenvalue weighted by Gasteiger charge is -2.19. The van der Waals surface area contributed by atoms with E-state index in [-0.39, 0.29) is 5.41 Å². The number of H-pyrrole nitrogens is 1. The smallest absolute Gasteiger partial charge is 0.356 e. The molecule has 0 atom stereocenters. The van der Waals surface area contributed by atoms with Crippen LogP contribution in [0.1, 0.15) is 31.3 Å². The van der Waals surface area contributed by atoms with Gasteiger partial charge in [-0.3, -0.25) is 5.10 Å². The summed E-state index contributed by atoms with van der Waals surface area (Å²) in [4.78, 5) is 11.4. The summed E-state index contributed by atoms with van der Waals surface area (Å²) < 4.78 is 10.4. The summed E-state index contributed by atoms with van der Waals surface area (Å²) in [7, 11) is 1.34. The van der Waals surface area contributed by atoms with Crippen molar-refractivity contribution in [2.24, 2.45) is 5.41 Å². The second kappa shape index (κ2) is 5.99. The molecule has 0 aliphatic carbocycles. The van der Waals surface area contributed by atoms with Gasteiger partial charge in [-0.2, -0.15) is 5.10 Å². The van der Waals surface area contributed by atoms with Crippen molar-refractivity contribution in [3.8, 4) is 17.0 Å². The van der Waals surface area contributed by atoms with Crippen LogP contribution < -0.4 is 4.74 Å². The molecule has 5 heteroatoms. The second-order valence-electron chi connectivity index (χ2n) is 6.04. The Morgan fingerprint density at radius 3 is 2.71 bits per heavy atom. The van der Waals surface area contributed by atoms with Gasteiger partial charge in [-0.25, -0.2) is 4.79 Å². The number of esters is 1. The van der Waals surface area contributed by atoms with E-state index in [1.807, 2.05) is 24.3 Å². The quantitative estimate of drug-likeness (QED) is 0.877. The van der Waals surface area contributed by atoms with Crippen molar-refractivity contribution in [3.63, 3.8) is 0 Å². The Labute approximate surface area is 124 Å². The fourth-order valence-corrected chi connectivity index (χ4v) is 1.73. The molecule has 5 nitrogen and oxygen atoms in total. The molecular formula is C16H20N2O3. The molecule has 1 aromatic carbocycles. The number of hydrogen-bond acceptors (Lipinski definition) is 4. The van der Waals surface area contributed by atoms with Crippen LogP contribution in [-0.4, -0.2) is 29.9 Å². The predicted octanol–water partition coefficient (Wildman–Crippen LogP) is 3.29. The molecule has 2 aromatic rings. The Bertz CT molecular complexity index is 626. The molecule has 21 heavy (non-hydrogen) atoms. The molecule has 0 aliphatic rings. The van der Waals surface area contributed by atoms with Gasteiger partial charge in [0.2, 0.25) is 0 Å². The lowest BCUT2D eigenvalue weighted by molar-refractivity contribution is 0.0594. The van der Waals surface area contributed by atoms with Crippen LogP contribution in [-0.2, 0) is 4.74 Å². The summed E-state index contributed by atoms with van der Waals surface area (Å²) in [6.45, 7) is 6.98. The number of hydrogen-bond donors (Lipinski definition) is 1. The topological polar surface area (TPSA) is 64.2 Å². The van der Waals surface area contributed by atoms with Gasteiger partial charge in [-0.05, 0) is 23.6 Å². The van der Waals surface area contributed by atoms with Gasteiger partial charge in [0, 0.05) is 5.56 Å². The number of ether oxygens (including phenoxy) is 2. The molecule has 0 aliphatic heterocycles. The summed E-state index contributed by atoms with van der Waals surface area (Å²) in [6.07, 6.45) is 0. The van der Waals surface area contributed by atoms with Crippen LogP contribution in [0.5, 0.6) is 5.75 Å². The Kier molecular flexibility index (Phi) is 4.31. The molecule has 0 amide bonds. The Morgan fingerprint density at radius 2 is 2.05 bits per heavy atom. The summed E-state index contributed by atoms with van der Waals surface area (Å²) in [5, 5.41) is 6.79. The maximum atomic E-state index is 11.4. The highest BCUT2D eigenvalue weighted by Crippen LogP contribution is 2.24. The Hall–Kier alpha value is -2.30.